The maximum atomic E-state index is 5.93. The van der Waals surface area contributed by atoms with Gasteiger partial charge in [0.25, 0.3) is 0 Å². The molecule has 30 heavy (non-hydrogen) atoms. The monoisotopic (exact) mass is 419 g/mol. The zero-order chi connectivity index (χ0) is 21.3. The fourth-order valence-corrected chi connectivity index (χ4v) is 7.84. The van der Waals surface area contributed by atoms with Gasteiger partial charge in [0.1, 0.15) is 0 Å². The summed E-state index contributed by atoms with van der Waals surface area (Å²) in [6, 6.07) is 0. The highest BCUT2D eigenvalue weighted by atomic mass is 16.7. The predicted octanol–water partition coefficient (Wildman–Crippen LogP) is 8.59. The van der Waals surface area contributed by atoms with E-state index in [9.17, 15) is 0 Å². The standard InChI is InChI=1S/C28H53NO/c1-4-6-7-8-9-15-22-28(5-2)24(3)26(28)27(19-13-10-14-20-27)21-16-23-29-30-25-17-11-12-18-25/h24-26,29H,4-23H2,1-3H3. The van der Waals surface area contributed by atoms with E-state index in [0.717, 1.165) is 18.4 Å². The maximum absolute atomic E-state index is 5.93. The van der Waals surface area contributed by atoms with Crippen molar-refractivity contribution in [3.05, 3.63) is 0 Å². The van der Waals surface area contributed by atoms with E-state index in [0.29, 0.717) is 16.9 Å². The first kappa shape index (κ1) is 24.6. The van der Waals surface area contributed by atoms with Gasteiger partial charge in [-0.15, -0.1) is 0 Å². The van der Waals surface area contributed by atoms with Gasteiger partial charge in [-0.25, -0.2) is 5.48 Å². The highest BCUT2D eigenvalue weighted by molar-refractivity contribution is 5.14. The second kappa shape index (κ2) is 12.2. The van der Waals surface area contributed by atoms with Crippen molar-refractivity contribution in [3.8, 4) is 0 Å². The van der Waals surface area contributed by atoms with Crippen molar-refractivity contribution in [1.29, 1.82) is 0 Å². The molecule has 176 valence electrons. The Morgan fingerprint density at radius 3 is 2.20 bits per heavy atom. The molecule has 3 aliphatic rings. The van der Waals surface area contributed by atoms with Crippen LogP contribution in [-0.2, 0) is 4.84 Å². The van der Waals surface area contributed by atoms with Crippen LogP contribution in [0.3, 0.4) is 0 Å². The summed E-state index contributed by atoms with van der Waals surface area (Å²) in [4.78, 5) is 5.93. The van der Waals surface area contributed by atoms with E-state index in [4.69, 9.17) is 4.84 Å². The van der Waals surface area contributed by atoms with Crippen LogP contribution in [0, 0.1) is 22.7 Å². The lowest BCUT2D eigenvalue weighted by Crippen LogP contribution is -2.31. The number of unbranched alkanes of at least 4 members (excludes halogenated alkanes) is 5. The summed E-state index contributed by atoms with van der Waals surface area (Å²) in [7, 11) is 0. The summed E-state index contributed by atoms with van der Waals surface area (Å²) in [6.45, 7) is 8.49. The van der Waals surface area contributed by atoms with E-state index in [2.05, 4.69) is 26.3 Å². The van der Waals surface area contributed by atoms with E-state index in [1.807, 2.05) is 0 Å². The molecule has 0 saturated heterocycles. The Morgan fingerprint density at radius 2 is 1.50 bits per heavy atom. The molecule has 3 rings (SSSR count). The summed E-state index contributed by atoms with van der Waals surface area (Å²) < 4.78 is 0. The molecule has 0 aromatic carbocycles. The van der Waals surface area contributed by atoms with Crippen LogP contribution in [0.5, 0.6) is 0 Å². The highest BCUT2D eigenvalue weighted by Crippen LogP contribution is 2.73. The fourth-order valence-electron chi connectivity index (χ4n) is 7.84. The Labute approximate surface area is 188 Å². The summed E-state index contributed by atoms with van der Waals surface area (Å²) in [5, 5.41) is 0. The molecule has 2 heteroatoms. The van der Waals surface area contributed by atoms with Gasteiger partial charge in [-0.2, -0.15) is 0 Å². The Morgan fingerprint density at radius 1 is 0.800 bits per heavy atom. The van der Waals surface area contributed by atoms with Gasteiger partial charge < -0.3 is 0 Å². The lowest BCUT2D eigenvalue weighted by Gasteiger charge is -2.40. The minimum atomic E-state index is 0.488. The van der Waals surface area contributed by atoms with Crippen LogP contribution in [0.1, 0.15) is 143 Å². The molecule has 0 radical (unpaired) electrons. The molecule has 3 unspecified atom stereocenters. The molecule has 3 fully saturated rings. The summed E-state index contributed by atoms with van der Waals surface area (Å²) in [5.74, 6) is 1.96. The topological polar surface area (TPSA) is 21.3 Å². The molecule has 0 spiro atoms. The van der Waals surface area contributed by atoms with Gasteiger partial charge >= 0.3 is 0 Å². The summed E-state index contributed by atoms with van der Waals surface area (Å²) in [5.41, 5.74) is 4.67. The summed E-state index contributed by atoms with van der Waals surface area (Å²) in [6.07, 6.45) is 27.5. The van der Waals surface area contributed by atoms with Gasteiger partial charge in [0.2, 0.25) is 0 Å². The van der Waals surface area contributed by atoms with Crippen LogP contribution in [0.2, 0.25) is 0 Å². The third-order valence-electron chi connectivity index (χ3n) is 9.59. The first-order chi connectivity index (χ1) is 14.7. The zero-order valence-electron chi connectivity index (χ0n) is 20.8. The molecule has 3 aliphatic carbocycles. The molecule has 0 aromatic heterocycles. The lowest BCUT2D eigenvalue weighted by molar-refractivity contribution is -0.0233. The quantitative estimate of drug-likeness (QED) is 0.212. The molecule has 0 bridgehead atoms. The lowest BCUT2D eigenvalue weighted by atomic mass is 9.65. The van der Waals surface area contributed by atoms with E-state index in [-0.39, 0.29) is 0 Å². The van der Waals surface area contributed by atoms with E-state index < -0.39 is 0 Å². The summed E-state index contributed by atoms with van der Waals surface area (Å²) >= 11 is 0. The Balaban J connectivity index is 1.47. The average molecular weight is 420 g/mol. The Kier molecular flexibility index (Phi) is 10.0. The van der Waals surface area contributed by atoms with Crippen molar-refractivity contribution in [1.82, 2.24) is 5.48 Å². The van der Waals surface area contributed by atoms with Gasteiger partial charge in [0, 0.05) is 6.54 Å². The normalized spacial score (nSPS) is 31.3. The Hall–Kier alpha value is -0.0800. The van der Waals surface area contributed by atoms with Crippen LogP contribution >= 0.6 is 0 Å². The molecular formula is C28H53NO. The smallest absolute Gasteiger partial charge is 0.0790 e. The van der Waals surface area contributed by atoms with Crippen LogP contribution in [-0.4, -0.2) is 12.6 Å². The van der Waals surface area contributed by atoms with Crippen molar-refractivity contribution >= 4 is 0 Å². The van der Waals surface area contributed by atoms with Gasteiger partial charge in [-0.05, 0) is 74.0 Å². The number of hydrogen-bond donors (Lipinski definition) is 1. The van der Waals surface area contributed by atoms with Crippen molar-refractivity contribution in [3.63, 3.8) is 0 Å². The maximum Gasteiger partial charge on any atom is 0.0790 e. The number of nitrogens with one attached hydrogen (secondary N) is 1. The molecular weight excluding hydrogens is 366 g/mol. The molecule has 3 saturated carbocycles. The van der Waals surface area contributed by atoms with Crippen LogP contribution in [0.15, 0.2) is 0 Å². The average Bonchev–Trinajstić information content (AvgIpc) is 3.09. The molecule has 0 amide bonds. The van der Waals surface area contributed by atoms with E-state index in [1.165, 1.54) is 122 Å². The van der Waals surface area contributed by atoms with Crippen molar-refractivity contribution < 1.29 is 4.84 Å². The van der Waals surface area contributed by atoms with Crippen molar-refractivity contribution in [2.45, 2.75) is 149 Å². The molecule has 0 heterocycles. The largest absolute Gasteiger partial charge is 0.299 e. The molecule has 2 nitrogen and oxygen atoms in total. The van der Waals surface area contributed by atoms with Gasteiger partial charge in [-0.3, -0.25) is 4.84 Å². The molecule has 3 atom stereocenters. The van der Waals surface area contributed by atoms with Crippen LogP contribution in [0.25, 0.3) is 0 Å². The number of rotatable bonds is 15. The van der Waals surface area contributed by atoms with Crippen LogP contribution < -0.4 is 5.48 Å². The zero-order valence-corrected chi connectivity index (χ0v) is 20.8. The third kappa shape index (κ3) is 6.03. The molecule has 0 aliphatic heterocycles. The second-order valence-electron chi connectivity index (χ2n) is 11.3. The SMILES string of the molecule is CCCCCCCCC1(CC)C(C)C1C1(CCCNOC2CCCC2)CCCCC1. The first-order valence-electron chi connectivity index (χ1n) is 14.1. The highest BCUT2D eigenvalue weighted by Gasteiger charge is 2.66. The number of hydroxylamine groups is 1. The van der Waals surface area contributed by atoms with Crippen LogP contribution in [0.4, 0.5) is 0 Å². The number of hydrogen-bond acceptors (Lipinski definition) is 2. The third-order valence-corrected chi connectivity index (χ3v) is 9.59. The Bertz CT molecular complexity index is 465. The predicted molar refractivity (Wildman–Crippen MR) is 129 cm³/mol. The van der Waals surface area contributed by atoms with Gasteiger partial charge in [0.15, 0.2) is 0 Å². The van der Waals surface area contributed by atoms with Gasteiger partial charge in [-0.1, -0.05) is 91.4 Å². The van der Waals surface area contributed by atoms with Gasteiger partial charge in [0.05, 0.1) is 6.10 Å². The van der Waals surface area contributed by atoms with Crippen molar-refractivity contribution in [2.24, 2.45) is 22.7 Å². The van der Waals surface area contributed by atoms with E-state index in [1.54, 1.807) is 0 Å². The minimum Gasteiger partial charge on any atom is -0.299 e. The minimum absolute atomic E-state index is 0.488. The molecule has 1 N–H and O–H groups in total. The van der Waals surface area contributed by atoms with Crippen molar-refractivity contribution in [2.75, 3.05) is 6.54 Å². The van der Waals surface area contributed by atoms with E-state index >= 15 is 0 Å². The molecule has 0 aromatic rings. The second-order valence-corrected chi connectivity index (χ2v) is 11.3. The first-order valence-corrected chi connectivity index (χ1v) is 14.1. The fraction of sp³-hybridized carbons (Fsp3) is 1.00.